The van der Waals surface area contributed by atoms with Crippen LogP contribution in [0.3, 0.4) is 0 Å². The third-order valence-corrected chi connectivity index (χ3v) is 2.93. The largest absolute Gasteiger partial charge is 0.376 e. The second-order valence-electron chi connectivity index (χ2n) is 4.65. The van der Waals surface area contributed by atoms with Gasteiger partial charge in [0.15, 0.2) is 0 Å². The molecule has 2 heterocycles. The van der Waals surface area contributed by atoms with Gasteiger partial charge in [-0.05, 0) is 13.0 Å². The van der Waals surface area contributed by atoms with Gasteiger partial charge in [0, 0.05) is 38.5 Å². The Morgan fingerprint density at radius 1 is 1.40 bits per heavy atom. The number of nitrogens with zero attached hydrogens (tertiary/aromatic N) is 4. The molecule has 0 amide bonds. The summed E-state index contributed by atoms with van der Waals surface area (Å²) in [5, 5.41) is 7.39. The average molecular weight is 273 g/mol. The van der Waals surface area contributed by atoms with Crippen molar-refractivity contribution >= 4 is 11.5 Å². The van der Waals surface area contributed by atoms with Gasteiger partial charge >= 0.3 is 0 Å². The topological polar surface area (TPSA) is 63.1 Å². The second-order valence-corrected chi connectivity index (χ2v) is 4.65. The zero-order chi connectivity index (χ0) is 14.5. The maximum Gasteiger partial charge on any atom is 0.269 e. The van der Waals surface area contributed by atoms with Crippen molar-refractivity contribution in [1.29, 1.82) is 0 Å². The fourth-order valence-corrected chi connectivity index (χ4v) is 1.84. The molecular formula is C14H19N5O. The van der Waals surface area contributed by atoms with Gasteiger partial charge in [-0.1, -0.05) is 6.07 Å². The number of pyridine rings is 1. The van der Waals surface area contributed by atoms with Crippen molar-refractivity contribution in [2.24, 2.45) is 0 Å². The molecule has 1 N–H and O–H groups in total. The Morgan fingerprint density at radius 2 is 2.20 bits per heavy atom. The van der Waals surface area contributed by atoms with E-state index in [0.29, 0.717) is 6.54 Å². The van der Waals surface area contributed by atoms with Gasteiger partial charge < -0.3 is 10.2 Å². The van der Waals surface area contributed by atoms with E-state index in [1.165, 1.54) is 4.68 Å². The van der Waals surface area contributed by atoms with Gasteiger partial charge in [0.2, 0.25) is 0 Å². The van der Waals surface area contributed by atoms with Crippen molar-refractivity contribution in [3.8, 4) is 0 Å². The maximum absolute atomic E-state index is 12.1. The van der Waals surface area contributed by atoms with Crippen LogP contribution in [0.2, 0.25) is 0 Å². The lowest BCUT2D eigenvalue weighted by Crippen LogP contribution is -2.25. The van der Waals surface area contributed by atoms with Gasteiger partial charge in [-0.2, -0.15) is 5.10 Å². The number of hydrogen-bond acceptors (Lipinski definition) is 5. The summed E-state index contributed by atoms with van der Waals surface area (Å²) in [6.07, 6.45) is 3.41. The molecule has 0 aliphatic carbocycles. The Labute approximate surface area is 118 Å². The van der Waals surface area contributed by atoms with Gasteiger partial charge in [-0.3, -0.25) is 4.79 Å². The molecule has 0 saturated carbocycles. The summed E-state index contributed by atoms with van der Waals surface area (Å²) in [6, 6.07) is 5.38. The van der Waals surface area contributed by atoms with Crippen LogP contribution in [0.4, 0.5) is 11.5 Å². The molecule has 0 spiro atoms. The van der Waals surface area contributed by atoms with Crippen molar-refractivity contribution in [2.45, 2.75) is 13.5 Å². The molecule has 2 aromatic rings. The predicted octanol–water partition coefficient (Wildman–Crippen LogP) is 1.18. The summed E-state index contributed by atoms with van der Waals surface area (Å²) >= 11 is 0. The molecule has 106 valence electrons. The van der Waals surface area contributed by atoms with Gasteiger partial charge in [0.1, 0.15) is 5.82 Å². The highest BCUT2D eigenvalue weighted by Gasteiger charge is 2.06. The summed E-state index contributed by atoms with van der Waals surface area (Å²) in [7, 11) is 3.76. The summed E-state index contributed by atoms with van der Waals surface area (Å²) in [6.45, 7) is 3.20. The third-order valence-electron chi connectivity index (χ3n) is 2.93. The van der Waals surface area contributed by atoms with Crippen molar-refractivity contribution in [3.63, 3.8) is 0 Å². The highest BCUT2D eigenvalue weighted by molar-refractivity contribution is 5.44. The van der Waals surface area contributed by atoms with Crippen LogP contribution in [0.5, 0.6) is 0 Å². The standard InChI is InChI=1S/C14H19N5O/c1-4-15-14-11(6-5-7-16-14)10-19-13(20)8-12(9-17-19)18(2)3/h5-9H,4,10H2,1-3H3,(H,15,16). The van der Waals surface area contributed by atoms with E-state index >= 15 is 0 Å². The van der Waals surface area contributed by atoms with Gasteiger partial charge in [-0.25, -0.2) is 9.67 Å². The average Bonchev–Trinajstić information content (AvgIpc) is 2.43. The predicted molar refractivity (Wildman–Crippen MR) is 80.3 cm³/mol. The number of anilines is 2. The number of hydrogen-bond donors (Lipinski definition) is 1. The van der Waals surface area contributed by atoms with E-state index in [4.69, 9.17) is 0 Å². The molecule has 0 saturated heterocycles. The molecule has 0 aliphatic heterocycles. The molecule has 0 fully saturated rings. The van der Waals surface area contributed by atoms with E-state index in [2.05, 4.69) is 15.4 Å². The lowest BCUT2D eigenvalue weighted by atomic mass is 10.2. The molecule has 20 heavy (non-hydrogen) atoms. The van der Waals surface area contributed by atoms with Gasteiger partial charge in [0.05, 0.1) is 18.4 Å². The van der Waals surface area contributed by atoms with Crippen LogP contribution in [0.15, 0.2) is 35.4 Å². The number of aromatic nitrogens is 3. The summed E-state index contributed by atoms with van der Waals surface area (Å²) in [5.74, 6) is 0.792. The molecule has 0 aromatic carbocycles. The fraction of sp³-hybridized carbons (Fsp3) is 0.357. The first-order chi connectivity index (χ1) is 9.61. The Morgan fingerprint density at radius 3 is 2.85 bits per heavy atom. The zero-order valence-electron chi connectivity index (χ0n) is 12.0. The molecular weight excluding hydrogens is 254 g/mol. The molecule has 0 unspecified atom stereocenters. The SMILES string of the molecule is CCNc1ncccc1Cn1ncc(N(C)C)cc1=O. The summed E-state index contributed by atoms with van der Waals surface area (Å²) < 4.78 is 1.44. The van der Waals surface area contributed by atoms with E-state index in [1.807, 2.05) is 38.1 Å². The Balaban J connectivity index is 2.29. The van der Waals surface area contributed by atoms with Crippen LogP contribution < -0.4 is 15.8 Å². The Hall–Kier alpha value is -2.37. The molecule has 0 bridgehead atoms. The van der Waals surface area contributed by atoms with Crippen molar-refractivity contribution in [3.05, 3.63) is 46.5 Å². The van der Waals surface area contributed by atoms with Crippen LogP contribution in [0.25, 0.3) is 0 Å². The first-order valence-electron chi connectivity index (χ1n) is 6.54. The van der Waals surface area contributed by atoms with Gasteiger partial charge in [-0.15, -0.1) is 0 Å². The smallest absolute Gasteiger partial charge is 0.269 e. The lowest BCUT2D eigenvalue weighted by Gasteiger charge is -2.13. The Bertz CT molecular complexity index is 635. The van der Waals surface area contributed by atoms with Crippen LogP contribution in [-0.4, -0.2) is 35.4 Å². The van der Waals surface area contributed by atoms with E-state index in [1.54, 1.807) is 18.5 Å². The number of rotatable bonds is 5. The second kappa shape index (κ2) is 6.18. The van der Waals surface area contributed by atoms with Crippen LogP contribution in [-0.2, 0) is 6.54 Å². The van der Waals surface area contributed by atoms with Crippen LogP contribution in [0.1, 0.15) is 12.5 Å². The molecule has 0 radical (unpaired) electrons. The summed E-state index contributed by atoms with van der Waals surface area (Å²) in [4.78, 5) is 18.2. The molecule has 0 aliphatic rings. The zero-order valence-corrected chi connectivity index (χ0v) is 12.0. The normalized spacial score (nSPS) is 10.3. The first kappa shape index (κ1) is 14.0. The van der Waals surface area contributed by atoms with E-state index in [-0.39, 0.29) is 5.56 Å². The highest BCUT2D eigenvalue weighted by atomic mass is 16.1. The molecule has 2 aromatic heterocycles. The van der Waals surface area contributed by atoms with Crippen LogP contribution >= 0.6 is 0 Å². The highest BCUT2D eigenvalue weighted by Crippen LogP contribution is 2.12. The number of nitrogens with one attached hydrogen (secondary N) is 1. The van der Waals surface area contributed by atoms with Crippen molar-refractivity contribution < 1.29 is 0 Å². The minimum absolute atomic E-state index is 0.123. The third kappa shape index (κ3) is 3.14. The molecule has 0 atom stereocenters. The summed E-state index contributed by atoms with van der Waals surface area (Å²) in [5.41, 5.74) is 1.62. The quantitative estimate of drug-likeness (QED) is 0.886. The maximum atomic E-state index is 12.1. The minimum atomic E-state index is -0.123. The van der Waals surface area contributed by atoms with E-state index in [0.717, 1.165) is 23.6 Å². The van der Waals surface area contributed by atoms with Crippen molar-refractivity contribution in [2.75, 3.05) is 30.9 Å². The minimum Gasteiger partial charge on any atom is -0.376 e. The van der Waals surface area contributed by atoms with E-state index < -0.39 is 0 Å². The fourth-order valence-electron chi connectivity index (χ4n) is 1.84. The van der Waals surface area contributed by atoms with Crippen molar-refractivity contribution in [1.82, 2.24) is 14.8 Å². The molecule has 6 nitrogen and oxygen atoms in total. The van der Waals surface area contributed by atoms with Gasteiger partial charge in [0.25, 0.3) is 5.56 Å². The lowest BCUT2D eigenvalue weighted by molar-refractivity contribution is 0.637. The van der Waals surface area contributed by atoms with Crippen LogP contribution in [0, 0.1) is 0 Å². The first-order valence-corrected chi connectivity index (χ1v) is 6.54. The molecule has 2 rings (SSSR count). The van der Waals surface area contributed by atoms with E-state index in [9.17, 15) is 4.79 Å². The monoisotopic (exact) mass is 273 g/mol. The molecule has 6 heteroatoms. The Kier molecular flexibility index (Phi) is 4.34.